The van der Waals surface area contributed by atoms with E-state index in [4.69, 9.17) is 0 Å². The SMILES string of the molecule is Cc1ccccc1Cn1cc(C(=O)N2CCc3c([nH]c4ccccc34)C2)nn1. The molecule has 0 bridgehead atoms. The van der Waals surface area contributed by atoms with E-state index >= 15 is 0 Å². The third-order valence-corrected chi connectivity index (χ3v) is 5.52. The molecular formula is C22H21N5O. The first-order chi connectivity index (χ1) is 13.7. The van der Waals surface area contributed by atoms with Crippen molar-refractivity contribution in [1.82, 2.24) is 24.9 Å². The van der Waals surface area contributed by atoms with Gasteiger partial charge >= 0.3 is 0 Å². The van der Waals surface area contributed by atoms with Crippen LogP contribution in [0.15, 0.2) is 54.7 Å². The van der Waals surface area contributed by atoms with E-state index in [2.05, 4.69) is 52.6 Å². The molecule has 0 spiro atoms. The van der Waals surface area contributed by atoms with E-state index in [0.29, 0.717) is 25.3 Å². The van der Waals surface area contributed by atoms with Crippen LogP contribution in [0.25, 0.3) is 10.9 Å². The summed E-state index contributed by atoms with van der Waals surface area (Å²) in [4.78, 5) is 18.3. The molecule has 1 amide bonds. The summed E-state index contributed by atoms with van der Waals surface area (Å²) in [6.45, 7) is 3.95. The fourth-order valence-corrected chi connectivity index (χ4v) is 3.96. The standard InChI is InChI=1S/C22H21N5O/c1-15-6-2-3-7-16(15)12-27-14-21(24-25-27)22(28)26-11-10-18-17-8-4-5-9-19(17)23-20(18)13-26/h2-9,14,23H,10-13H2,1H3. The van der Waals surface area contributed by atoms with Gasteiger partial charge in [-0.25, -0.2) is 4.68 Å². The molecule has 1 aliphatic heterocycles. The molecule has 28 heavy (non-hydrogen) atoms. The molecule has 1 N–H and O–H groups in total. The Kier molecular flexibility index (Phi) is 3.97. The Hall–Kier alpha value is -3.41. The highest BCUT2D eigenvalue weighted by molar-refractivity contribution is 5.92. The predicted molar refractivity (Wildman–Crippen MR) is 107 cm³/mol. The van der Waals surface area contributed by atoms with Crippen LogP contribution in [0.1, 0.15) is 32.9 Å². The van der Waals surface area contributed by atoms with Crippen LogP contribution in [0.4, 0.5) is 0 Å². The van der Waals surface area contributed by atoms with Gasteiger partial charge in [0, 0.05) is 23.1 Å². The number of aryl methyl sites for hydroxylation is 1. The van der Waals surface area contributed by atoms with Crippen molar-refractivity contribution in [1.29, 1.82) is 0 Å². The van der Waals surface area contributed by atoms with Crippen LogP contribution in [0.5, 0.6) is 0 Å². The Bertz CT molecular complexity index is 1170. The van der Waals surface area contributed by atoms with Gasteiger partial charge in [0.25, 0.3) is 5.91 Å². The Morgan fingerprint density at radius 1 is 1.14 bits per heavy atom. The lowest BCUT2D eigenvalue weighted by atomic mass is 10.0. The number of carbonyl (C=O) groups is 1. The van der Waals surface area contributed by atoms with Crippen LogP contribution in [0.2, 0.25) is 0 Å². The molecule has 5 rings (SSSR count). The first-order valence-corrected chi connectivity index (χ1v) is 9.51. The lowest BCUT2D eigenvalue weighted by Crippen LogP contribution is -2.36. The van der Waals surface area contributed by atoms with Gasteiger partial charge in [-0.05, 0) is 36.1 Å². The van der Waals surface area contributed by atoms with Crippen molar-refractivity contribution in [2.24, 2.45) is 0 Å². The van der Waals surface area contributed by atoms with Gasteiger partial charge in [0.1, 0.15) is 0 Å². The molecule has 0 atom stereocenters. The number of H-pyrrole nitrogens is 1. The molecule has 0 saturated heterocycles. The summed E-state index contributed by atoms with van der Waals surface area (Å²) in [6, 6.07) is 16.5. The van der Waals surface area contributed by atoms with Crippen molar-refractivity contribution in [3.05, 3.63) is 82.8 Å². The number of rotatable bonds is 3. The molecule has 0 unspecified atom stereocenters. The molecule has 6 heteroatoms. The second-order valence-electron chi connectivity index (χ2n) is 7.33. The van der Waals surface area contributed by atoms with Gasteiger partial charge in [0.05, 0.1) is 19.3 Å². The minimum Gasteiger partial charge on any atom is -0.357 e. The Labute approximate surface area is 162 Å². The number of aromatic amines is 1. The van der Waals surface area contributed by atoms with E-state index in [1.54, 1.807) is 10.9 Å². The van der Waals surface area contributed by atoms with Crippen LogP contribution >= 0.6 is 0 Å². The lowest BCUT2D eigenvalue weighted by Gasteiger charge is -2.26. The van der Waals surface area contributed by atoms with Crippen molar-refractivity contribution >= 4 is 16.8 Å². The molecule has 4 aromatic rings. The maximum Gasteiger partial charge on any atom is 0.276 e. The third-order valence-electron chi connectivity index (χ3n) is 5.52. The zero-order chi connectivity index (χ0) is 19.1. The monoisotopic (exact) mass is 371 g/mol. The van der Waals surface area contributed by atoms with Crippen LogP contribution in [0.3, 0.4) is 0 Å². The van der Waals surface area contributed by atoms with Gasteiger partial charge in [-0.2, -0.15) is 0 Å². The molecule has 0 aliphatic carbocycles. The minimum atomic E-state index is -0.0691. The van der Waals surface area contributed by atoms with E-state index in [-0.39, 0.29) is 5.91 Å². The van der Waals surface area contributed by atoms with Gasteiger partial charge in [0.2, 0.25) is 0 Å². The number of amides is 1. The normalized spacial score (nSPS) is 13.7. The Balaban J connectivity index is 1.35. The molecule has 0 saturated carbocycles. The summed E-state index contributed by atoms with van der Waals surface area (Å²) in [6.07, 6.45) is 2.60. The zero-order valence-corrected chi connectivity index (χ0v) is 15.7. The maximum atomic E-state index is 13.0. The smallest absolute Gasteiger partial charge is 0.276 e. The first kappa shape index (κ1) is 16.7. The summed E-state index contributed by atoms with van der Waals surface area (Å²) >= 11 is 0. The van der Waals surface area contributed by atoms with E-state index in [9.17, 15) is 4.79 Å². The highest BCUT2D eigenvalue weighted by atomic mass is 16.2. The second-order valence-corrected chi connectivity index (χ2v) is 7.33. The highest BCUT2D eigenvalue weighted by Crippen LogP contribution is 2.27. The van der Waals surface area contributed by atoms with Crippen molar-refractivity contribution < 1.29 is 4.79 Å². The molecule has 3 heterocycles. The number of aromatic nitrogens is 4. The average molecular weight is 371 g/mol. The lowest BCUT2D eigenvalue weighted by molar-refractivity contribution is 0.0727. The van der Waals surface area contributed by atoms with Gasteiger partial charge in [-0.3, -0.25) is 4.79 Å². The topological polar surface area (TPSA) is 66.8 Å². The van der Waals surface area contributed by atoms with Crippen LogP contribution in [0, 0.1) is 6.92 Å². The summed E-state index contributed by atoms with van der Waals surface area (Å²) in [7, 11) is 0. The van der Waals surface area contributed by atoms with Gasteiger partial charge in [-0.1, -0.05) is 47.7 Å². The van der Waals surface area contributed by atoms with E-state index in [1.807, 2.05) is 23.1 Å². The Morgan fingerprint density at radius 2 is 1.96 bits per heavy atom. The second kappa shape index (κ2) is 6.64. The van der Waals surface area contributed by atoms with E-state index in [0.717, 1.165) is 17.6 Å². The minimum absolute atomic E-state index is 0.0691. The first-order valence-electron chi connectivity index (χ1n) is 9.51. The average Bonchev–Trinajstić information content (AvgIpc) is 3.33. The van der Waals surface area contributed by atoms with Crippen molar-refractivity contribution in [2.45, 2.75) is 26.4 Å². The predicted octanol–water partition coefficient (Wildman–Crippen LogP) is 3.31. The van der Waals surface area contributed by atoms with Crippen molar-refractivity contribution in [3.8, 4) is 0 Å². The Morgan fingerprint density at radius 3 is 2.86 bits per heavy atom. The summed E-state index contributed by atoms with van der Waals surface area (Å²) in [5, 5.41) is 9.54. The van der Waals surface area contributed by atoms with Crippen molar-refractivity contribution in [2.75, 3.05) is 6.54 Å². The molecule has 140 valence electrons. The number of para-hydroxylation sites is 1. The molecule has 2 aromatic heterocycles. The quantitative estimate of drug-likeness (QED) is 0.601. The summed E-state index contributed by atoms with van der Waals surface area (Å²) < 4.78 is 1.73. The fourth-order valence-electron chi connectivity index (χ4n) is 3.96. The largest absolute Gasteiger partial charge is 0.357 e. The number of hydrogen-bond donors (Lipinski definition) is 1. The third kappa shape index (κ3) is 2.87. The van der Waals surface area contributed by atoms with Crippen molar-refractivity contribution in [3.63, 3.8) is 0 Å². The number of fused-ring (bicyclic) bond motifs is 3. The summed E-state index contributed by atoms with van der Waals surface area (Å²) in [5.74, 6) is -0.0691. The molecule has 0 fully saturated rings. The molecular weight excluding hydrogens is 350 g/mol. The van der Waals surface area contributed by atoms with Crippen LogP contribution in [-0.4, -0.2) is 37.3 Å². The molecule has 6 nitrogen and oxygen atoms in total. The van der Waals surface area contributed by atoms with Gasteiger partial charge in [0.15, 0.2) is 5.69 Å². The summed E-state index contributed by atoms with van der Waals surface area (Å²) in [5.41, 5.74) is 6.34. The van der Waals surface area contributed by atoms with Gasteiger partial charge in [-0.15, -0.1) is 5.10 Å². The fraction of sp³-hybridized carbons (Fsp3) is 0.227. The van der Waals surface area contributed by atoms with Gasteiger partial charge < -0.3 is 9.88 Å². The number of nitrogens with zero attached hydrogens (tertiary/aromatic N) is 4. The molecule has 1 aliphatic rings. The van der Waals surface area contributed by atoms with E-state index < -0.39 is 0 Å². The molecule has 0 radical (unpaired) electrons. The molecule has 2 aromatic carbocycles. The number of hydrogen-bond acceptors (Lipinski definition) is 3. The number of benzene rings is 2. The van der Waals surface area contributed by atoms with E-state index in [1.165, 1.54) is 22.1 Å². The zero-order valence-electron chi connectivity index (χ0n) is 15.7. The maximum absolute atomic E-state index is 13.0. The van der Waals surface area contributed by atoms with Crippen LogP contribution < -0.4 is 0 Å². The number of carbonyl (C=O) groups excluding carboxylic acids is 1. The van der Waals surface area contributed by atoms with Crippen LogP contribution in [-0.2, 0) is 19.5 Å². The highest BCUT2D eigenvalue weighted by Gasteiger charge is 2.26. The number of nitrogens with one attached hydrogen (secondary N) is 1.